The predicted octanol–water partition coefficient (Wildman–Crippen LogP) is 1.29. The fraction of sp³-hybridized carbons (Fsp3) is 0.611. The van der Waals surface area contributed by atoms with E-state index < -0.39 is 16.1 Å². The van der Waals surface area contributed by atoms with Gasteiger partial charge in [0.25, 0.3) is 0 Å². The van der Waals surface area contributed by atoms with Gasteiger partial charge in [0.2, 0.25) is 15.9 Å². The third-order valence-electron chi connectivity index (χ3n) is 5.10. The summed E-state index contributed by atoms with van der Waals surface area (Å²) in [5, 5.41) is 0.597. The van der Waals surface area contributed by atoms with Crippen molar-refractivity contribution in [3.05, 3.63) is 29.3 Å². The zero-order valence-corrected chi connectivity index (χ0v) is 17.1. The van der Waals surface area contributed by atoms with Gasteiger partial charge in [0.15, 0.2) is 0 Å². The summed E-state index contributed by atoms with van der Waals surface area (Å²) in [6.45, 7) is 4.45. The van der Waals surface area contributed by atoms with Crippen LogP contribution in [0.1, 0.15) is 12.8 Å². The molecule has 0 radical (unpaired) electrons. The van der Waals surface area contributed by atoms with Crippen LogP contribution in [0, 0.1) is 0 Å². The summed E-state index contributed by atoms with van der Waals surface area (Å²) in [7, 11) is -3.34. The minimum absolute atomic E-state index is 0.0649. The van der Waals surface area contributed by atoms with Crippen molar-refractivity contribution in [2.75, 3.05) is 52.1 Å². The van der Waals surface area contributed by atoms with Gasteiger partial charge < -0.3 is 9.64 Å². The highest BCUT2D eigenvalue weighted by molar-refractivity contribution is 7.88. The molecule has 2 saturated heterocycles. The van der Waals surface area contributed by atoms with E-state index in [-0.39, 0.29) is 5.91 Å². The van der Waals surface area contributed by atoms with Crippen molar-refractivity contribution in [1.82, 2.24) is 14.1 Å². The number of amides is 1. The maximum atomic E-state index is 12.8. The highest BCUT2D eigenvalue weighted by Crippen LogP contribution is 2.24. The van der Waals surface area contributed by atoms with E-state index in [4.69, 9.17) is 16.3 Å². The lowest BCUT2D eigenvalue weighted by Crippen LogP contribution is -2.54. The Hall–Kier alpha value is -1.35. The van der Waals surface area contributed by atoms with Crippen LogP contribution in [0.2, 0.25) is 5.02 Å². The first-order valence-electron chi connectivity index (χ1n) is 9.21. The molecule has 0 aromatic heterocycles. The summed E-state index contributed by atoms with van der Waals surface area (Å²) in [4.78, 5) is 16.8. The molecule has 1 aromatic rings. The van der Waals surface area contributed by atoms with Gasteiger partial charge in [-0.25, -0.2) is 8.42 Å². The summed E-state index contributed by atoms with van der Waals surface area (Å²) < 4.78 is 30.8. The monoisotopic (exact) mass is 415 g/mol. The van der Waals surface area contributed by atoms with Gasteiger partial charge in [-0.2, -0.15) is 4.31 Å². The van der Waals surface area contributed by atoms with E-state index in [1.54, 1.807) is 11.0 Å². The molecular formula is C18H26ClN3O4S. The Balaban J connectivity index is 1.45. The molecule has 7 nitrogen and oxygen atoms in total. The Morgan fingerprint density at radius 1 is 1.19 bits per heavy atom. The van der Waals surface area contributed by atoms with Crippen molar-refractivity contribution in [2.24, 2.45) is 0 Å². The Morgan fingerprint density at radius 3 is 2.56 bits per heavy atom. The van der Waals surface area contributed by atoms with Crippen LogP contribution in [0.15, 0.2) is 24.3 Å². The van der Waals surface area contributed by atoms with Crippen LogP contribution in [0.5, 0.6) is 5.75 Å². The summed E-state index contributed by atoms with van der Waals surface area (Å²) >= 11 is 6.08. The number of carbonyl (C=O) groups is 1. The summed E-state index contributed by atoms with van der Waals surface area (Å²) in [5.41, 5.74) is 0. The number of carbonyl (C=O) groups excluding carboxylic acids is 1. The summed E-state index contributed by atoms with van der Waals surface area (Å²) in [6, 6.07) is 6.85. The van der Waals surface area contributed by atoms with Gasteiger partial charge in [-0.15, -0.1) is 0 Å². The van der Waals surface area contributed by atoms with Crippen molar-refractivity contribution in [1.29, 1.82) is 0 Å². The fourth-order valence-electron chi connectivity index (χ4n) is 3.63. The van der Waals surface area contributed by atoms with Crippen molar-refractivity contribution in [3.8, 4) is 5.75 Å². The van der Waals surface area contributed by atoms with Crippen molar-refractivity contribution >= 4 is 27.5 Å². The van der Waals surface area contributed by atoms with Gasteiger partial charge >= 0.3 is 0 Å². The lowest BCUT2D eigenvalue weighted by molar-refractivity contribution is -0.136. The molecule has 2 aliphatic rings. The average Bonchev–Trinajstić information content (AvgIpc) is 3.14. The molecule has 0 aliphatic carbocycles. The van der Waals surface area contributed by atoms with Gasteiger partial charge in [-0.05, 0) is 25.0 Å². The number of halogens is 1. The van der Waals surface area contributed by atoms with Crippen molar-refractivity contribution in [3.63, 3.8) is 0 Å². The zero-order valence-electron chi connectivity index (χ0n) is 15.5. The Kier molecular flexibility index (Phi) is 6.62. The number of hydrogen-bond donors (Lipinski definition) is 0. The maximum absolute atomic E-state index is 12.8. The zero-order chi connectivity index (χ0) is 19.4. The van der Waals surface area contributed by atoms with E-state index in [1.165, 1.54) is 10.6 Å². The molecule has 9 heteroatoms. The SMILES string of the molecule is CS(=O)(=O)N1CCCC1C(=O)N1CCN(CCOc2ccccc2Cl)CC1. The van der Waals surface area contributed by atoms with Gasteiger partial charge in [0, 0.05) is 39.3 Å². The molecule has 2 heterocycles. The number of nitrogens with zero attached hydrogens (tertiary/aromatic N) is 3. The third kappa shape index (κ3) is 5.13. The lowest BCUT2D eigenvalue weighted by Gasteiger charge is -2.36. The molecule has 1 amide bonds. The van der Waals surface area contributed by atoms with E-state index in [0.29, 0.717) is 43.4 Å². The number of piperazine rings is 1. The van der Waals surface area contributed by atoms with Gasteiger partial charge in [0.1, 0.15) is 18.4 Å². The summed E-state index contributed by atoms with van der Waals surface area (Å²) in [5.74, 6) is 0.611. The molecular weight excluding hydrogens is 390 g/mol. The highest BCUT2D eigenvalue weighted by Gasteiger charge is 2.39. The van der Waals surface area contributed by atoms with Gasteiger partial charge in [-0.1, -0.05) is 23.7 Å². The standard InChI is InChI=1S/C18H26ClN3O4S/c1-27(24,25)22-8-4-6-16(22)18(23)21-11-9-20(10-12-21)13-14-26-17-7-3-2-5-15(17)19/h2-3,5,7,16H,4,6,8-14H2,1H3. The maximum Gasteiger partial charge on any atom is 0.241 e. The first-order valence-corrected chi connectivity index (χ1v) is 11.4. The summed E-state index contributed by atoms with van der Waals surface area (Å²) in [6.07, 6.45) is 2.52. The van der Waals surface area contributed by atoms with Crippen LogP contribution >= 0.6 is 11.6 Å². The van der Waals surface area contributed by atoms with Crippen LogP contribution in [0.3, 0.4) is 0 Å². The molecule has 1 aromatic carbocycles. The first kappa shape index (κ1) is 20.4. The Bertz CT molecular complexity index is 766. The van der Waals surface area contributed by atoms with Crippen molar-refractivity contribution < 1.29 is 17.9 Å². The third-order valence-corrected chi connectivity index (χ3v) is 6.70. The second-order valence-electron chi connectivity index (χ2n) is 6.98. The number of sulfonamides is 1. The van der Waals surface area contributed by atoms with Crippen LogP contribution in [-0.4, -0.2) is 86.6 Å². The van der Waals surface area contributed by atoms with E-state index in [1.807, 2.05) is 18.2 Å². The van der Waals surface area contributed by atoms with Crippen LogP contribution < -0.4 is 4.74 Å². The minimum Gasteiger partial charge on any atom is -0.491 e. The van der Waals surface area contributed by atoms with Gasteiger partial charge in [-0.3, -0.25) is 9.69 Å². The topological polar surface area (TPSA) is 70.2 Å². The molecule has 0 saturated carbocycles. The number of para-hydroxylation sites is 1. The molecule has 1 unspecified atom stereocenters. The number of hydrogen-bond acceptors (Lipinski definition) is 5. The minimum atomic E-state index is -3.34. The normalized spacial score (nSPS) is 22.1. The lowest BCUT2D eigenvalue weighted by atomic mass is 10.2. The molecule has 2 fully saturated rings. The molecule has 0 bridgehead atoms. The fourth-order valence-corrected chi connectivity index (χ4v) is 4.94. The van der Waals surface area contributed by atoms with E-state index in [2.05, 4.69) is 4.90 Å². The van der Waals surface area contributed by atoms with Crippen molar-refractivity contribution in [2.45, 2.75) is 18.9 Å². The molecule has 0 spiro atoms. The van der Waals surface area contributed by atoms with E-state index in [0.717, 1.165) is 26.1 Å². The molecule has 3 rings (SSSR count). The smallest absolute Gasteiger partial charge is 0.241 e. The molecule has 1 atom stereocenters. The molecule has 2 aliphatic heterocycles. The molecule has 0 N–H and O–H groups in total. The van der Waals surface area contributed by atoms with Crippen LogP contribution in [-0.2, 0) is 14.8 Å². The van der Waals surface area contributed by atoms with Crippen LogP contribution in [0.4, 0.5) is 0 Å². The first-order chi connectivity index (χ1) is 12.9. The largest absolute Gasteiger partial charge is 0.491 e. The van der Waals surface area contributed by atoms with Gasteiger partial charge in [0.05, 0.1) is 11.3 Å². The number of rotatable bonds is 6. The second-order valence-corrected chi connectivity index (χ2v) is 9.32. The Morgan fingerprint density at radius 2 is 1.89 bits per heavy atom. The molecule has 150 valence electrons. The van der Waals surface area contributed by atoms with Crippen LogP contribution in [0.25, 0.3) is 0 Å². The molecule has 27 heavy (non-hydrogen) atoms. The second kappa shape index (κ2) is 8.77. The van der Waals surface area contributed by atoms with E-state index in [9.17, 15) is 13.2 Å². The van der Waals surface area contributed by atoms with E-state index >= 15 is 0 Å². The highest BCUT2D eigenvalue weighted by atomic mass is 35.5. The number of ether oxygens (including phenoxy) is 1. The number of benzene rings is 1. The predicted molar refractivity (Wildman–Crippen MR) is 105 cm³/mol. The average molecular weight is 416 g/mol. The Labute approximate surface area is 165 Å². The quantitative estimate of drug-likeness (QED) is 0.700.